The normalized spacial score (nSPS) is 19.6. The summed E-state index contributed by atoms with van der Waals surface area (Å²) in [5.41, 5.74) is 6.89. The van der Waals surface area contributed by atoms with Gasteiger partial charge in [-0.2, -0.15) is 21.1 Å². The molecule has 2 aromatic heterocycles. The number of hydrogen-bond donors (Lipinski definition) is 2. The zero-order chi connectivity index (χ0) is 25.8. The molecular formula is C21H23N7O5S3. The maximum Gasteiger partial charge on any atom is 0.278 e. The molecule has 0 bridgehead atoms. The van der Waals surface area contributed by atoms with Gasteiger partial charge in [0.15, 0.2) is 24.1 Å². The Morgan fingerprint density at radius 2 is 2.28 bits per heavy atom. The van der Waals surface area contributed by atoms with Crippen molar-refractivity contribution in [3.63, 3.8) is 0 Å². The second-order valence-electron chi connectivity index (χ2n) is 7.73. The van der Waals surface area contributed by atoms with Crippen molar-refractivity contribution < 1.29 is 28.9 Å². The van der Waals surface area contributed by atoms with Crippen LogP contribution < -0.4 is 20.7 Å². The summed E-state index contributed by atoms with van der Waals surface area (Å²) in [4.78, 5) is 48.1. The third kappa shape index (κ3) is 5.32. The minimum absolute atomic E-state index is 0.0262. The molecular weight excluding hydrogens is 526 g/mol. The van der Waals surface area contributed by atoms with Crippen molar-refractivity contribution in [1.82, 2.24) is 19.6 Å². The number of aliphatic carboxylic acids is 1. The number of nitrogen functional groups attached to an aromatic ring is 1. The Hall–Kier alpha value is -3.17. The number of carbonyl (C=O) groups is 3. The zero-order valence-electron chi connectivity index (χ0n) is 19.4. The molecule has 0 saturated carbocycles. The number of carboxylic acid groups (broad SMARTS) is 1. The second kappa shape index (κ2) is 11.3. The van der Waals surface area contributed by atoms with Crippen LogP contribution in [0.3, 0.4) is 0 Å². The average Bonchev–Trinajstić information content (AvgIpc) is 3.28. The number of thioether (sulfide) groups is 2. The van der Waals surface area contributed by atoms with E-state index in [1.165, 1.54) is 16.7 Å². The highest BCUT2D eigenvalue weighted by Gasteiger charge is 2.53. The topological polar surface area (TPSA) is 167 Å². The van der Waals surface area contributed by atoms with Gasteiger partial charge >= 0.3 is 0 Å². The molecule has 2 aliphatic rings. The van der Waals surface area contributed by atoms with Crippen molar-refractivity contribution in [2.75, 3.05) is 24.3 Å². The lowest BCUT2D eigenvalue weighted by Crippen LogP contribution is -2.71. The van der Waals surface area contributed by atoms with Crippen LogP contribution in [0.15, 0.2) is 41.0 Å². The number of amides is 2. The van der Waals surface area contributed by atoms with Crippen molar-refractivity contribution in [1.29, 1.82) is 0 Å². The van der Waals surface area contributed by atoms with E-state index in [-0.39, 0.29) is 29.0 Å². The fourth-order valence-electron chi connectivity index (χ4n) is 3.79. The number of fused-ring (bicyclic) bond motifs is 1. The third-order valence-electron chi connectivity index (χ3n) is 5.28. The summed E-state index contributed by atoms with van der Waals surface area (Å²) in [5.74, 6) is -1.57. The molecule has 12 nitrogen and oxygen atoms in total. The first kappa shape index (κ1) is 25.9. The van der Waals surface area contributed by atoms with Gasteiger partial charge in [0.25, 0.3) is 11.8 Å². The van der Waals surface area contributed by atoms with Crippen molar-refractivity contribution >= 4 is 63.7 Å². The Bertz CT molecular complexity index is 1250. The summed E-state index contributed by atoms with van der Waals surface area (Å²) >= 11 is 3.94. The van der Waals surface area contributed by atoms with E-state index in [2.05, 4.69) is 19.8 Å². The number of nitrogens with one attached hydrogen (secondary N) is 1. The molecule has 4 heterocycles. The highest BCUT2D eigenvalue weighted by atomic mass is 32.2. The van der Waals surface area contributed by atoms with Gasteiger partial charge < -0.3 is 25.8 Å². The molecule has 2 amide bonds. The van der Waals surface area contributed by atoms with E-state index in [4.69, 9.17) is 10.6 Å². The smallest absolute Gasteiger partial charge is 0.278 e. The highest BCUT2D eigenvalue weighted by Crippen LogP contribution is 2.40. The van der Waals surface area contributed by atoms with Gasteiger partial charge in [0.1, 0.15) is 18.0 Å². The number of hydrogen-bond acceptors (Lipinski definition) is 12. The minimum Gasteiger partial charge on any atom is -0.543 e. The lowest BCUT2D eigenvalue weighted by atomic mass is 10.0. The molecule has 190 valence electrons. The van der Waals surface area contributed by atoms with E-state index in [1.54, 1.807) is 18.7 Å². The van der Waals surface area contributed by atoms with Crippen LogP contribution in [0.25, 0.3) is 0 Å². The molecule has 4 rings (SSSR count). The Morgan fingerprint density at radius 1 is 1.47 bits per heavy atom. The van der Waals surface area contributed by atoms with Gasteiger partial charge in [-0.1, -0.05) is 5.16 Å². The number of carboxylic acids is 1. The lowest BCUT2D eigenvalue weighted by Gasteiger charge is -2.50. The maximum absolute atomic E-state index is 13.0. The van der Waals surface area contributed by atoms with E-state index in [1.807, 2.05) is 35.3 Å². The second-order valence-corrected chi connectivity index (χ2v) is 10.5. The molecule has 0 aromatic carbocycles. The van der Waals surface area contributed by atoms with Crippen LogP contribution in [0.4, 0.5) is 5.13 Å². The number of carbonyl (C=O) groups excluding carboxylic acids is 3. The molecule has 2 aromatic rings. The average molecular weight is 550 g/mol. The number of nitrogens with zero attached hydrogens (tertiary/aromatic N) is 5. The van der Waals surface area contributed by atoms with Gasteiger partial charge in [0.2, 0.25) is 11.5 Å². The predicted octanol–water partition coefficient (Wildman–Crippen LogP) is -0.884. The molecule has 0 aliphatic carbocycles. The van der Waals surface area contributed by atoms with Crippen LogP contribution in [-0.2, 0) is 31.5 Å². The third-order valence-corrected chi connectivity index (χ3v) is 7.79. The van der Waals surface area contributed by atoms with E-state index in [0.717, 1.165) is 22.8 Å². The van der Waals surface area contributed by atoms with Crippen LogP contribution >= 0.6 is 35.1 Å². The maximum atomic E-state index is 13.0. The van der Waals surface area contributed by atoms with Crippen molar-refractivity contribution in [2.24, 2.45) is 5.16 Å². The van der Waals surface area contributed by atoms with E-state index < -0.39 is 29.2 Å². The van der Waals surface area contributed by atoms with Gasteiger partial charge in [-0.3, -0.25) is 14.5 Å². The molecule has 1 fully saturated rings. The van der Waals surface area contributed by atoms with Gasteiger partial charge in [-0.15, -0.1) is 11.8 Å². The molecule has 3 N–H and O–H groups in total. The van der Waals surface area contributed by atoms with Crippen LogP contribution in [-0.4, -0.2) is 67.8 Å². The molecule has 2 atom stereocenters. The minimum atomic E-state index is -1.44. The molecule has 0 radical (unpaired) electrons. The van der Waals surface area contributed by atoms with Crippen molar-refractivity contribution in [2.45, 2.75) is 30.6 Å². The largest absolute Gasteiger partial charge is 0.543 e. The first-order chi connectivity index (χ1) is 17.3. The number of rotatable bonds is 10. The predicted molar refractivity (Wildman–Crippen MR) is 133 cm³/mol. The monoisotopic (exact) mass is 549 g/mol. The van der Waals surface area contributed by atoms with Gasteiger partial charge in [-0.25, -0.2) is 4.57 Å². The first-order valence-electron chi connectivity index (χ1n) is 10.8. The number of aromatic nitrogens is 3. The van der Waals surface area contributed by atoms with Gasteiger partial charge in [0, 0.05) is 40.2 Å². The summed E-state index contributed by atoms with van der Waals surface area (Å²) in [6.45, 7) is 2.19. The molecule has 1 unspecified atom stereocenters. The molecule has 36 heavy (non-hydrogen) atoms. The molecule has 1 saturated heterocycles. The number of β-lactam (4-membered cyclic amide) rings is 1. The van der Waals surface area contributed by atoms with Crippen LogP contribution in [0, 0.1) is 0 Å². The zero-order valence-corrected chi connectivity index (χ0v) is 21.8. The van der Waals surface area contributed by atoms with Gasteiger partial charge in [0.05, 0.1) is 11.7 Å². The highest BCUT2D eigenvalue weighted by molar-refractivity contribution is 8.00. The molecule has 2 aliphatic heterocycles. The number of pyridine rings is 1. The summed E-state index contributed by atoms with van der Waals surface area (Å²) in [6.07, 6.45) is 5.80. The summed E-state index contributed by atoms with van der Waals surface area (Å²) < 4.78 is 5.87. The quantitative estimate of drug-likeness (QED) is 0.164. The Balaban J connectivity index is 1.52. The van der Waals surface area contributed by atoms with Crippen molar-refractivity contribution in [3.05, 3.63) is 47.2 Å². The van der Waals surface area contributed by atoms with E-state index in [0.29, 0.717) is 17.9 Å². The first-order valence-corrected chi connectivity index (χ1v) is 14.0. The SMILES string of the molecule is CCON=C(C(=O)NC1C(=O)N2C(C(=O)[O-])=C(C[n+]3cccc(CSC)c3)CS[C@@H]12)c1nsc(N)n1. The van der Waals surface area contributed by atoms with E-state index in [9.17, 15) is 19.5 Å². The van der Waals surface area contributed by atoms with Crippen LogP contribution in [0.5, 0.6) is 0 Å². The molecule has 0 spiro atoms. The standard InChI is InChI=1S/C21H23N7O5S3/c1-3-33-25-13(16-24-21(22)36-26-16)17(29)23-14-18(30)28-15(20(31)32)12(10-35-19(14)28)8-27-6-4-5-11(7-27)9-34-2/h4-7,14,19H,3,8-10H2,1-2H3,(H3-,22,23,24,26,29,31,32)/t14?,19-/m0/s1. The van der Waals surface area contributed by atoms with Gasteiger partial charge in [-0.05, 0) is 19.2 Å². The lowest BCUT2D eigenvalue weighted by molar-refractivity contribution is -0.689. The number of anilines is 1. The summed E-state index contributed by atoms with van der Waals surface area (Å²) in [7, 11) is 0. The molecule has 15 heteroatoms. The van der Waals surface area contributed by atoms with Crippen LogP contribution in [0.2, 0.25) is 0 Å². The fraction of sp³-hybridized carbons (Fsp3) is 0.381. The Morgan fingerprint density at radius 3 is 2.94 bits per heavy atom. The Labute approximate surface area is 219 Å². The summed E-state index contributed by atoms with van der Waals surface area (Å²) in [5, 5.41) is 18.0. The fourth-order valence-corrected chi connectivity index (χ4v) is 6.07. The number of nitrogens with two attached hydrogens (primary N) is 1. The van der Waals surface area contributed by atoms with Crippen LogP contribution in [0.1, 0.15) is 18.3 Å². The van der Waals surface area contributed by atoms with Crippen molar-refractivity contribution in [3.8, 4) is 0 Å². The number of oxime groups is 1. The summed E-state index contributed by atoms with van der Waals surface area (Å²) in [6, 6.07) is 2.94. The Kier molecular flexibility index (Phi) is 8.11. The van der Waals surface area contributed by atoms with E-state index >= 15 is 0 Å².